The smallest absolute Gasteiger partial charge is 0.336 e. The fraction of sp³-hybridized carbons (Fsp3) is 0.133. The predicted molar refractivity (Wildman–Crippen MR) is 78.9 cm³/mol. The lowest BCUT2D eigenvalue weighted by atomic mass is 10.1. The lowest BCUT2D eigenvalue weighted by Gasteiger charge is -2.12. The highest BCUT2D eigenvalue weighted by Gasteiger charge is 2.12. The number of ether oxygens (including phenoxy) is 1. The summed E-state index contributed by atoms with van der Waals surface area (Å²) in [5.74, 6) is -0.463. The highest BCUT2D eigenvalue weighted by molar-refractivity contribution is 6.42. The van der Waals surface area contributed by atoms with Gasteiger partial charge in [-0.15, -0.1) is 0 Å². The Kier molecular flexibility index (Phi) is 4.53. The SMILES string of the molecule is Cc1c(OCc2cccc(Cl)c2Cl)cccc1C(=O)O. The molecule has 0 aliphatic carbocycles. The zero-order valence-corrected chi connectivity index (χ0v) is 12.2. The number of carboxylic acids is 1. The molecule has 3 nitrogen and oxygen atoms in total. The van der Waals surface area contributed by atoms with E-state index in [1.54, 1.807) is 31.2 Å². The Bertz CT molecular complexity index is 654. The molecule has 2 rings (SSSR count). The number of carbonyl (C=O) groups is 1. The number of benzene rings is 2. The molecule has 2 aromatic carbocycles. The number of carboxylic acid groups (broad SMARTS) is 1. The van der Waals surface area contributed by atoms with Gasteiger partial charge < -0.3 is 9.84 Å². The number of rotatable bonds is 4. The van der Waals surface area contributed by atoms with Crippen molar-refractivity contribution in [2.45, 2.75) is 13.5 Å². The van der Waals surface area contributed by atoms with E-state index in [-0.39, 0.29) is 12.2 Å². The van der Waals surface area contributed by atoms with E-state index in [2.05, 4.69) is 0 Å². The van der Waals surface area contributed by atoms with Crippen molar-refractivity contribution in [2.24, 2.45) is 0 Å². The first kappa shape index (κ1) is 14.7. The van der Waals surface area contributed by atoms with Crippen molar-refractivity contribution in [2.75, 3.05) is 0 Å². The van der Waals surface area contributed by atoms with Gasteiger partial charge in [0.2, 0.25) is 0 Å². The van der Waals surface area contributed by atoms with Crippen molar-refractivity contribution < 1.29 is 14.6 Å². The van der Waals surface area contributed by atoms with Gasteiger partial charge in [0.1, 0.15) is 12.4 Å². The monoisotopic (exact) mass is 310 g/mol. The first-order chi connectivity index (χ1) is 9.50. The maximum atomic E-state index is 11.1. The summed E-state index contributed by atoms with van der Waals surface area (Å²) >= 11 is 12.0. The Hall–Kier alpha value is -1.71. The molecule has 20 heavy (non-hydrogen) atoms. The zero-order chi connectivity index (χ0) is 14.7. The van der Waals surface area contributed by atoms with Gasteiger partial charge in [-0.3, -0.25) is 0 Å². The van der Waals surface area contributed by atoms with Crippen molar-refractivity contribution in [1.29, 1.82) is 0 Å². The van der Waals surface area contributed by atoms with Crippen molar-refractivity contribution in [1.82, 2.24) is 0 Å². The average Bonchev–Trinajstić information content (AvgIpc) is 2.41. The lowest BCUT2D eigenvalue weighted by molar-refractivity contribution is 0.0695. The summed E-state index contributed by atoms with van der Waals surface area (Å²) in [5.41, 5.74) is 1.55. The normalized spacial score (nSPS) is 10.3. The molecule has 5 heteroatoms. The number of aromatic carboxylic acids is 1. The summed E-state index contributed by atoms with van der Waals surface area (Å²) in [7, 11) is 0. The molecule has 0 aromatic heterocycles. The summed E-state index contributed by atoms with van der Waals surface area (Å²) in [6.45, 7) is 1.93. The molecule has 1 N–H and O–H groups in total. The van der Waals surface area contributed by atoms with Gasteiger partial charge in [-0.25, -0.2) is 4.79 Å². The number of hydrogen-bond donors (Lipinski definition) is 1. The minimum Gasteiger partial charge on any atom is -0.489 e. The topological polar surface area (TPSA) is 46.5 Å². The van der Waals surface area contributed by atoms with E-state index in [9.17, 15) is 4.79 Å². The molecular formula is C15H12Cl2O3. The fourth-order valence-corrected chi connectivity index (χ4v) is 2.19. The number of halogens is 2. The lowest BCUT2D eigenvalue weighted by Crippen LogP contribution is -2.03. The Morgan fingerprint density at radius 2 is 1.90 bits per heavy atom. The van der Waals surface area contributed by atoms with Gasteiger partial charge in [-0.05, 0) is 25.1 Å². The summed E-state index contributed by atoms with van der Waals surface area (Å²) < 4.78 is 5.64. The molecule has 0 radical (unpaired) electrons. The van der Waals surface area contributed by atoms with Gasteiger partial charge in [-0.2, -0.15) is 0 Å². The molecule has 0 spiro atoms. The van der Waals surface area contributed by atoms with E-state index in [4.69, 9.17) is 33.0 Å². The summed E-state index contributed by atoms with van der Waals surface area (Å²) in [6.07, 6.45) is 0. The molecular weight excluding hydrogens is 299 g/mol. The van der Waals surface area contributed by atoms with Crippen molar-refractivity contribution in [3.8, 4) is 5.75 Å². The van der Waals surface area contributed by atoms with E-state index < -0.39 is 5.97 Å². The molecule has 0 bridgehead atoms. The average molecular weight is 311 g/mol. The van der Waals surface area contributed by atoms with Crippen LogP contribution in [0.5, 0.6) is 5.75 Å². The van der Waals surface area contributed by atoms with Crippen LogP contribution in [0.15, 0.2) is 36.4 Å². The molecule has 0 aliphatic rings. The minimum absolute atomic E-state index is 0.222. The minimum atomic E-state index is -0.978. The third kappa shape index (κ3) is 3.06. The predicted octanol–water partition coefficient (Wildman–Crippen LogP) is 4.58. The van der Waals surface area contributed by atoms with Crippen LogP contribution in [-0.4, -0.2) is 11.1 Å². The third-order valence-corrected chi connectivity index (χ3v) is 3.79. The van der Waals surface area contributed by atoms with Gasteiger partial charge in [0.15, 0.2) is 0 Å². The largest absolute Gasteiger partial charge is 0.489 e. The van der Waals surface area contributed by atoms with Crippen LogP contribution in [0.3, 0.4) is 0 Å². The first-order valence-corrected chi connectivity index (χ1v) is 6.65. The second-order valence-electron chi connectivity index (χ2n) is 4.24. The Morgan fingerprint density at radius 1 is 1.20 bits per heavy atom. The van der Waals surface area contributed by atoms with Crippen molar-refractivity contribution >= 4 is 29.2 Å². The molecule has 0 saturated carbocycles. The third-order valence-electron chi connectivity index (χ3n) is 2.93. The standard InChI is InChI=1S/C15H12Cl2O3/c1-9-11(15(18)19)5-3-7-13(9)20-8-10-4-2-6-12(16)14(10)17/h2-7H,8H2,1H3,(H,18,19). The molecule has 2 aromatic rings. The van der Waals surface area contributed by atoms with Crippen LogP contribution in [-0.2, 0) is 6.61 Å². The zero-order valence-electron chi connectivity index (χ0n) is 10.7. The van der Waals surface area contributed by atoms with E-state index in [1.807, 2.05) is 6.07 Å². The fourth-order valence-electron chi connectivity index (χ4n) is 1.82. The summed E-state index contributed by atoms with van der Waals surface area (Å²) in [6, 6.07) is 10.2. The Balaban J connectivity index is 2.21. The van der Waals surface area contributed by atoms with Gasteiger partial charge in [0.25, 0.3) is 0 Å². The van der Waals surface area contributed by atoms with Crippen LogP contribution < -0.4 is 4.74 Å². The van der Waals surface area contributed by atoms with E-state index in [1.165, 1.54) is 6.07 Å². The van der Waals surface area contributed by atoms with Crippen LogP contribution in [0.1, 0.15) is 21.5 Å². The van der Waals surface area contributed by atoms with Crippen LogP contribution >= 0.6 is 23.2 Å². The van der Waals surface area contributed by atoms with Gasteiger partial charge >= 0.3 is 5.97 Å². The highest BCUT2D eigenvalue weighted by atomic mass is 35.5. The van der Waals surface area contributed by atoms with Crippen molar-refractivity contribution in [3.63, 3.8) is 0 Å². The van der Waals surface area contributed by atoms with Crippen LogP contribution in [0, 0.1) is 6.92 Å². The molecule has 0 atom stereocenters. The number of hydrogen-bond acceptors (Lipinski definition) is 2. The van der Waals surface area contributed by atoms with E-state index in [0.29, 0.717) is 21.4 Å². The first-order valence-electron chi connectivity index (χ1n) is 5.89. The molecule has 0 amide bonds. The van der Waals surface area contributed by atoms with Crippen molar-refractivity contribution in [3.05, 3.63) is 63.1 Å². The Morgan fingerprint density at radius 3 is 2.60 bits per heavy atom. The molecule has 0 unspecified atom stereocenters. The summed E-state index contributed by atoms with van der Waals surface area (Å²) in [4.78, 5) is 11.1. The van der Waals surface area contributed by atoms with Gasteiger partial charge in [-0.1, -0.05) is 41.4 Å². The second-order valence-corrected chi connectivity index (χ2v) is 5.02. The molecule has 0 saturated heterocycles. The second kappa shape index (κ2) is 6.16. The molecule has 0 fully saturated rings. The highest BCUT2D eigenvalue weighted by Crippen LogP contribution is 2.28. The summed E-state index contributed by atoms with van der Waals surface area (Å²) in [5, 5.41) is 9.97. The van der Waals surface area contributed by atoms with Crippen LogP contribution in [0.25, 0.3) is 0 Å². The quantitative estimate of drug-likeness (QED) is 0.899. The van der Waals surface area contributed by atoms with Gasteiger partial charge in [0.05, 0.1) is 15.6 Å². The molecule has 0 heterocycles. The van der Waals surface area contributed by atoms with Crippen LogP contribution in [0.4, 0.5) is 0 Å². The van der Waals surface area contributed by atoms with E-state index in [0.717, 1.165) is 5.56 Å². The van der Waals surface area contributed by atoms with Gasteiger partial charge in [0, 0.05) is 11.1 Å². The molecule has 0 aliphatic heterocycles. The molecule has 104 valence electrons. The van der Waals surface area contributed by atoms with Crippen LogP contribution in [0.2, 0.25) is 10.0 Å². The Labute approximate surface area is 126 Å². The van der Waals surface area contributed by atoms with E-state index >= 15 is 0 Å². The maximum Gasteiger partial charge on any atom is 0.336 e. The maximum absolute atomic E-state index is 11.1.